The Morgan fingerprint density at radius 3 is 2.50 bits per heavy atom. The van der Waals surface area contributed by atoms with Crippen molar-refractivity contribution in [2.45, 2.75) is 32.8 Å². The van der Waals surface area contributed by atoms with Gasteiger partial charge in [0.2, 0.25) is 0 Å². The molecular formula is C10H20O4. The molecule has 0 aliphatic heterocycles. The third-order valence-corrected chi connectivity index (χ3v) is 1.84. The van der Waals surface area contributed by atoms with Gasteiger partial charge in [-0.2, -0.15) is 0 Å². The normalized spacial score (nSPS) is 13.1. The summed E-state index contributed by atoms with van der Waals surface area (Å²) < 4.78 is 9.91. The van der Waals surface area contributed by atoms with E-state index in [1.807, 2.05) is 0 Å². The maximum absolute atomic E-state index is 10.6. The number of hydrogen-bond donors (Lipinski definition) is 1. The Labute approximate surface area is 85.2 Å². The van der Waals surface area contributed by atoms with Crippen molar-refractivity contribution in [2.75, 3.05) is 20.3 Å². The molecule has 14 heavy (non-hydrogen) atoms. The molecule has 0 heterocycles. The molecule has 0 bridgehead atoms. The molecule has 1 atom stereocenters. The molecule has 4 heteroatoms. The Morgan fingerprint density at radius 1 is 1.43 bits per heavy atom. The van der Waals surface area contributed by atoms with Crippen molar-refractivity contribution in [3.8, 4) is 0 Å². The van der Waals surface area contributed by atoms with Crippen LogP contribution in [0.4, 0.5) is 0 Å². The molecule has 0 amide bonds. The predicted molar refractivity (Wildman–Crippen MR) is 53.3 cm³/mol. The first-order valence-corrected chi connectivity index (χ1v) is 4.91. The summed E-state index contributed by atoms with van der Waals surface area (Å²) in [6.07, 6.45) is 1.12. The summed E-state index contributed by atoms with van der Waals surface area (Å²) >= 11 is 0. The number of hydrogen-bond acceptors (Lipinski definition) is 3. The van der Waals surface area contributed by atoms with Crippen LogP contribution in [0.15, 0.2) is 0 Å². The molecule has 0 fully saturated rings. The monoisotopic (exact) mass is 204 g/mol. The standard InChI is InChI=1S/C10H20O4/c1-8(2)5-4-6-14-9(7-13-3)10(11)12/h8-9H,4-7H2,1-3H3,(H,11,12). The van der Waals surface area contributed by atoms with E-state index in [1.54, 1.807) is 0 Å². The second kappa shape index (κ2) is 7.76. The SMILES string of the molecule is COCC(OCCCC(C)C)C(=O)O. The zero-order valence-corrected chi connectivity index (χ0v) is 9.16. The summed E-state index contributed by atoms with van der Waals surface area (Å²) in [5.41, 5.74) is 0. The van der Waals surface area contributed by atoms with Crippen molar-refractivity contribution in [2.24, 2.45) is 5.92 Å². The molecule has 0 aromatic heterocycles. The summed E-state index contributed by atoms with van der Waals surface area (Å²) in [4.78, 5) is 10.6. The van der Waals surface area contributed by atoms with Gasteiger partial charge in [0.1, 0.15) is 0 Å². The van der Waals surface area contributed by atoms with E-state index in [1.165, 1.54) is 7.11 Å². The minimum Gasteiger partial charge on any atom is -0.479 e. The van der Waals surface area contributed by atoms with Crippen LogP contribution in [0.25, 0.3) is 0 Å². The van der Waals surface area contributed by atoms with Gasteiger partial charge in [0.05, 0.1) is 6.61 Å². The molecule has 0 aliphatic carbocycles. The summed E-state index contributed by atoms with van der Waals surface area (Å²) in [7, 11) is 1.47. The number of rotatable bonds is 8. The lowest BCUT2D eigenvalue weighted by Crippen LogP contribution is -2.29. The van der Waals surface area contributed by atoms with Crippen LogP contribution in [0, 0.1) is 5.92 Å². The van der Waals surface area contributed by atoms with E-state index < -0.39 is 12.1 Å². The molecule has 0 saturated heterocycles. The second-order valence-corrected chi connectivity index (χ2v) is 3.69. The quantitative estimate of drug-likeness (QED) is 0.609. The highest BCUT2D eigenvalue weighted by molar-refractivity contribution is 5.72. The molecule has 1 unspecified atom stereocenters. The second-order valence-electron chi connectivity index (χ2n) is 3.69. The minimum atomic E-state index is -0.962. The van der Waals surface area contributed by atoms with Gasteiger partial charge in [0.25, 0.3) is 0 Å². The molecule has 1 N–H and O–H groups in total. The molecule has 84 valence electrons. The maximum atomic E-state index is 10.6. The summed E-state index contributed by atoms with van der Waals surface area (Å²) in [5, 5.41) is 8.71. The van der Waals surface area contributed by atoms with E-state index in [0.29, 0.717) is 12.5 Å². The molecule has 0 saturated carbocycles. The average Bonchev–Trinajstić information content (AvgIpc) is 2.09. The molecule has 0 aliphatic rings. The van der Waals surface area contributed by atoms with E-state index >= 15 is 0 Å². The average molecular weight is 204 g/mol. The Kier molecular flexibility index (Phi) is 7.42. The largest absolute Gasteiger partial charge is 0.479 e. The minimum absolute atomic E-state index is 0.108. The fourth-order valence-electron chi connectivity index (χ4n) is 1.06. The van der Waals surface area contributed by atoms with Gasteiger partial charge >= 0.3 is 5.97 Å². The van der Waals surface area contributed by atoms with Crippen LogP contribution in [0.3, 0.4) is 0 Å². The Hall–Kier alpha value is -0.610. The molecule has 0 spiro atoms. The van der Waals surface area contributed by atoms with Gasteiger partial charge in [-0.3, -0.25) is 0 Å². The van der Waals surface area contributed by atoms with Crippen LogP contribution in [0.5, 0.6) is 0 Å². The van der Waals surface area contributed by atoms with E-state index in [0.717, 1.165) is 12.8 Å². The zero-order chi connectivity index (χ0) is 11.0. The lowest BCUT2D eigenvalue weighted by Gasteiger charge is -2.12. The summed E-state index contributed by atoms with van der Waals surface area (Å²) in [6, 6.07) is 0. The van der Waals surface area contributed by atoms with Crippen LogP contribution in [-0.4, -0.2) is 37.5 Å². The van der Waals surface area contributed by atoms with Crippen molar-refractivity contribution in [1.82, 2.24) is 0 Å². The van der Waals surface area contributed by atoms with Gasteiger partial charge in [0.15, 0.2) is 6.10 Å². The van der Waals surface area contributed by atoms with Gasteiger partial charge in [-0.15, -0.1) is 0 Å². The summed E-state index contributed by atoms with van der Waals surface area (Å²) in [5.74, 6) is -0.333. The molecular weight excluding hydrogens is 184 g/mol. The van der Waals surface area contributed by atoms with Crippen molar-refractivity contribution < 1.29 is 19.4 Å². The highest BCUT2D eigenvalue weighted by Crippen LogP contribution is 2.04. The lowest BCUT2D eigenvalue weighted by atomic mass is 10.1. The van der Waals surface area contributed by atoms with E-state index in [9.17, 15) is 4.79 Å². The Balaban J connectivity index is 3.56. The fraction of sp³-hybridized carbons (Fsp3) is 0.900. The van der Waals surface area contributed by atoms with E-state index in [2.05, 4.69) is 13.8 Å². The molecule has 0 radical (unpaired) electrons. The van der Waals surface area contributed by atoms with Gasteiger partial charge < -0.3 is 14.6 Å². The number of ether oxygens (including phenoxy) is 2. The van der Waals surface area contributed by atoms with Crippen LogP contribution < -0.4 is 0 Å². The first-order valence-electron chi connectivity index (χ1n) is 4.91. The topological polar surface area (TPSA) is 55.8 Å². The number of carboxylic acids is 1. The molecule has 0 rings (SSSR count). The Bertz CT molecular complexity index is 156. The molecule has 0 aromatic carbocycles. The highest BCUT2D eigenvalue weighted by atomic mass is 16.5. The number of carbonyl (C=O) groups is 1. The van der Waals surface area contributed by atoms with Crippen molar-refractivity contribution in [3.05, 3.63) is 0 Å². The lowest BCUT2D eigenvalue weighted by molar-refractivity contribution is -0.153. The first kappa shape index (κ1) is 13.4. The molecule has 0 aromatic rings. The fourth-order valence-corrected chi connectivity index (χ4v) is 1.06. The molecule has 4 nitrogen and oxygen atoms in total. The maximum Gasteiger partial charge on any atom is 0.335 e. The van der Waals surface area contributed by atoms with E-state index in [-0.39, 0.29) is 6.61 Å². The number of carboxylic acid groups (broad SMARTS) is 1. The van der Waals surface area contributed by atoms with Crippen LogP contribution in [0.1, 0.15) is 26.7 Å². The highest BCUT2D eigenvalue weighted by Gasteiger charge is 2.17. The zero-order valence-electron chi connectivity index (χ0n) is 9.16. The third-order valence-electron chi connectivity index (χ3n) is 1.84. The predicted octanol–water partition coefficient (Wildman–Crippen LogP) is 1.54. The number of aliphatic carboxylic acids is 1. The van der Waals surface area contributed by atoms with Crippen molar-refractivity contribution in [3.63, 3.8) is 0 Å². The smallest absolute Gasteiger partial charge is 0.335 e. The Morgan fingerprint density at radius 2 is 2.07 bits per heavy atom. The van der Waals surface area contributed by atoms with Crippen LogP contribution in [0.2, 0.25) is 0 Å². The van der Waals surface area contributed by atoms with Crippen LogP contribution in [-0.2, 0) is 14.3 Å². The van der Waals surface area contributed by atoms with Crippen molar-refractivity contribution >= 4 is 5.97 Å². The van der Waals surface area contributed by atoms with E-state index in [4.69, 9.17) is 14.6 Å². The van der Waals surface area contributed by atoms with Crippen LogP contribution >= 0.6 is 0 Å². The van der Waals surface area contributed by atoms with Gasteiger partial charge in [-0.25, -0.2) is 4.79 Å². The third kappa shape index (κ3) is 6.86. The van der Waals surface area contributed by atoms with Gasteiger partial charge in [-0.05, 0) is 18.8 Å². The van der Waals surface area contributed by atoms with Gasteiger partial charge in [-0.1, -0.05) is 13.8 Å². The van der Waals surface area contributed by atoms with Crippen molar-refractivity contribution in [1.29, 1.82) is 0 Å². The van der Waals surface area contributed by atoms with Gasteiger partial charge in [0, 0.05) is 13.7 Å². The number of methoxy groups -OCH3 is 1. The first-order chi connectivity index (χ1) is 6.57. The summed E-state index contributed by atoms with van der Waals surface area (Å²) in [6.45, 7) is 4.85.